The Morgan fingerprint density at radius 2 is 1.91 bits per heavy atom. The average molecular weight is 334 g/mol. The van der Waals surface area contributed by atoms with Gasteiger partial charge in [0.1, 0.15) is 0 Å². The van der Waals surface area contributed by atoms with Gasteiger partial charge in [-0.3, -0.25) is 10.2 Å². The van der Waals surface area contributed by atoms with Gasteiger partial charge in [-0.15, -0.1) is 0 Å². The molecule has 1 amide bonds. The molecule has 0 saturated heterocycles. The molecule has 1 aromatic rings. The first-order chi connectivity index (χ1) is 11.1. The van der Waals surface area contributed by atoms with E-state index in [1.807, 2.05) is 30.3 Å². The highest BCUT2D eigenvalue weighted by molar-refractivity contribution is 7.80. The first-order valence-corrected chi connectivity index (χ1v) is 8.48. The van der Waals surface area contributed by atoms with Gasteiger partial charge >= 0.3 is 0 Å². The van der Waals surface area contributed by atoms with Crippen LogP contribution in [0.3, 0.4) is 0 Å². The monoisotopic (exact) mass is 334 g/mol. The zero-order chi connectivity index (χ0) is 16.9. The molecule has 0 unspecified atom stereocenters. The number of nitrogens with zero attached hydrogens (tertiary/aromatic N) is 1. The minimum Gasteiger partial charge on any atom is -0.375 e. The Hall–Kier alpha value is -1.95. The molecular formula is C17H26N4OS. The van der Waals surface area contributed by atoms with E-state index < -0.39 is 0 Å². The lowest BCUT2D eigenvalue weighted by molar-refractivity contribution is -0.121. The van der Waals surface area contributed by atoms with Crippen molar-refractivity contribution in [2.45, 2.75) is 45.4 Å². The van der Waals surface area contributed by atoms with Crippen LogP contribution in [0.15, 0.2) is 35.4 Å². The minimum atomic E-state index is 0.123. The molecule has 0 bridgehead atoms. The topological polar surface area (TPSA) is 79.5 Å². The fourth-order valence-corrected chi connectivity index (χ4v) is 2.17. The second-order valence-electron chi connectivity index (χ2n) is 5.31. The summed E-state index contributed by atoms with van der Waals surface area (Å²) in [5.41, 5.74) is 9.96. The highest BCUT2D eigenvalue weighted by Gasteiger charge is 2.05. The molecule has 0 radical (unpaired) electrons. The molecule has 1 rings (SSSR count). The van der Waals surface area contributed by atoms with Crippen molar-refractivity contribution in [3.63, 3.8) is 0 Å². The molecule has 126 valence electrons. The number of carbonyl (C=O) groups is 1. The Morgan fingerprint density at radius 1 is 1.17 bits per heavy atom. The molecule has 0 aliphatic carbocycles. The van der Waals surface area contributed by atoms with Gasteiger partial charge in [-0.1, -0.05) is 50.1 Å². The Bertz CT molecular complexity index is 517. The Labute approximate surface area is 143 Å². The maximum absolute atomic E-state index is 11.7. The molecule has 6 heteroatoms. The number of nitrogens with one attached hydrogen (secondary N) is 2. The van der Waals surface area contributed by atoms with E-state index in [4.69, 9.17) is 18.0 Å². The summed E-state index contributed by atoms with van der Waals surface area (Å²) in [4.78, 5) is 11.7. The molecule has 0 aliphatic rings. The highest BCUT2D eigenvalue weighted by atomic mass is 32.1. The van der Waals surface area contributed by atoms with Crippen molar-refractivity contribution in [2.75, 3.05) is 6.54 Å². The number of amides is 1. The summed E-state index contributed by atoms with van der Waals surface area (Å²) in [7, 11) is 0. The molecule has 1 aromatic carbocycles. The zero-order valence-corrected chi connectivity index (χ0v) is 14.5. The molecule has 0 aromatic heterocycles. The Kier molecular flexibility index (Phi) is 9.63. The van der Waals surface area contributed by atoms with E-state index in [1.54, 1.807) is 0 Å². The maximum Gasteiger partial charge on any atom is 0.219 e. The first-order valence-electron chi connectivity index (χ1n) is 8.07. The van der Waals surface area contributed by atoms with Crippen molar-refractivity contribution in [3.8, 4) is 0 Å². The molecule has 4 N–H and O–H groups in total. The number of hydrazone groups is 1. The first kappa shape index (κ1) is 19.1. The fraction of sp³-hybridized carbons (Fsp3) is 0.471. The Balaban J connectivity index is 2.42. The largest absolute Gasteiger partial charge is 0.375 e. The van der Waals surface area contributed by atoms with Gasteiger partial charge in [0, 0.05) is 13.0 Å². The average Bonchev–Trinajstić information content (AvgIpc) is 2.55. The summed E-state index contributed by atoms with van der Waals surface area (Å²) in [5.74, 6) is 0.123. The third kappa shape index (κ3) is 8.93. The van der Waals surface area contributed by atoms with Crippen LogP contribution >= 0.6 is 12.2 Å². The van der Waals surface area contributed by atoms with Crippen LogP contribution in [-0.4, -0.2) is 23.3 Å². The van der Waals surface area contributed by atoms with Gasteiger partial charge in [0.15, 0.2) is 5.11 Å². The van der Waals surface area contributed by atoms with E-state index in [0.717, 1.165) is 43.4 Å². The van der Waals surface area contributed by atoms with Crippen LogP contribution in [0.2, 0.25) is 0 Å². The summed E-state index contributed by atoms with van der Waals surface area (Å²) in [6.45, 7) is 2.77. The van der Waals surface area contributed by atoms with Crippen molar-refractivity contribution in [3.05, 3.63) is 35.9 Å². The van der Waals surface area contributed by atoms with Crippen molar-refractivity contribution in [2.24, 2.45) is 10.8 Å². The molecule has 0 heterocycles. The van der Waals surface area contributed by atoms with Gasteiger partial charge in [-0.25, -0.2) is 0 Å². The maximum atomic E-state index is 11.7. The van der Waals surface area contributed by atoms with Crippen LogP contribution < -0.4 is 16.5 Å². The molecule has 0 saturated carbocycles. The van der Waals surface area contributed by atoms with Gasteiger partial charge in [0.25, 0.3) is 0 Å². The number of unbranched alkanes of at least 4 members (excludes halogenated alkanes) is 2. The van der Waals surface area contributed by atoms with Gasteiger partial charge in [-0.2, -0.15) is 5.10 Å². The third-order valence-corrected chi connectivity index (χ3v) is 3.42. The van der Waals surface area contributed by atoms with Crippen LogP contribution in [0.25, 0.3) is 0 Å². The highest BCUT2D eigenvalue weighted by Crippen LogP contribution is 2.06. The molecule has 0 aliphatic heterocycles. The minimum absolute atomic E-state index is 0.123. The lowest BCUT2D eigenvalue weighted by atomic mass is 10.1. The SMILES string of the molecule is CCCCCC(=O)NCCC/C(=N\NC(N)=S)c1ccccc1. The van der Waals surface area contributed by atoms with E-state index in [-0.39, 0.29) is 11.0 Å². The van der Waals surface area contributed by atoms with E-state index in [1.165, 1.54) is 0 Å². The van der Waals surface area contributed by atoms with Crippen molar-refractivity contribution in [1.82, 2.24) is 10.7 Å². The van der Waals surface area contributed by atoms with Gasteiger partial charge in [0.05, 0.1) is 5.71 Å². The number of benzene rings is 1. The normalized spacial score (nSPS) is 11.1. The number of nitrogens with two attached hydrogens (primary N) is 1. The molecule has 0 spiro atoms. The summed E-state index contributed by atoms with van der Waals surface area (Å²) >= 11 is 4.79. The van der Waals surface area contributed by atoms with Gasteiger partial charge in [0.2, 0.25) is 5.91 Å². The molecule has 5 nitrogen and oxygen atoms in total. The van der Waals surface area contributed by atoms with Crippen LogP contribution in [0.4, 0.5) is 0 Å². The second-order valence-corrected chi connectivity index (χ2v) is 5.75. The summed E-state index contributed by atoms with van der Waals surface area (Å²) in [5, 5.41) is 7.35. The second kappa shape index (κ2) is 11.6. The van der Waals surface area contributed by atoms with Crippen LogP contribution in [0, 0.1) is 0 Å². The van der Waals surface area contributed by atoms with E-state index >= 15 is 0 Å². The van der Waals surface area contributed by atoms with E-state index in [0.29, 0.717) is 13.0 Å². The summed E-state index contributed by atoms with van der Waals surface area (Å²) in [6, 6.07) is 9.85. The van der Waals surface area contributed by atoms with Crippen LogP contribution in [0.1, 0.15) is 51.0 Å². The van der Waals surface area contributed by atoms with E-state index in [9.17, 15) is 4.79 Å². The quantitative estimate of drug-likeness (QED) is 0.266. The zero-order valence-electron chi connectivity index (χ0n) is 13.7. The predicted octanol–water partition coefficient (Wildman–Crippen LogP) is 2.70. The predicted molar refractivity (Wildman–Crippen MR) is 99.3 cm³/mol. The van der Waals surface area contributed by atoms with Gasteiger partial charge in [-0.05, 0) is 37.0 Å². The number of hydrogen-bond acceptors (Lipinski definition) is 3. The summed E-state index contributed by atoms with van der Waals surface area (Å²) in [6.07, 6.45) is 5.33. The lowest BCUT2D eigenvalue weighted by Gasteiger charge is -2.08. The lowest BCUT2D eigenvalue weighted by Crippen LogP contribution is -2.27. The van der Waals surface area contributed by atoms with E-state index in [2.05, 4.69) is 22.8 Å². The molecule has 23 heavy (non-hydrogen) atoms. The Morgan fingerprint density at radius 3 is 2.57 bits per heavy atom. The number of thiocarbonyl (C=S) groups is 1. The van der Waals surface area contributed by atoms with Crippen molar-refractivity contribution >= 4 is 28.9 Å². The summed E-state index contributed by atoms with van der Waals surface area (Å²) < 4.78 is 0. The molecule has 0 atom stereocenters. The van der Waals surface area contributed by atoms with Crippen molar-refractivity contribution in [1.29, 1.82) is 0 Å². The molecule has 0 fully saturated rings. The van der Waals surface area contributed by atoms with Crippen LogP contribution in [0.5, 0.6) is 0 Å². The molecular weight excluding hydrogens is 308 g/mol. The number of hydrogen-bond donors (Lipinski definition) is 3. The smallest absolute Gasteiger partial charge is 0.219 e. The van der Waals surface area contributed by atoms with Crippen LogP contribution in [-0.2, 0) is 4.79 Å². The standard InChI is InChI=1S/C17H26N4OS/c1-2-3-5-12-16(22)19-13-8-11-15(20-21-17(18)23)14-9-6-4-7-10-14/h4,6-7,9-10H,2-3,5,8,11-13H2,1H3,(H,19,22)(H3,18,21,23)/b20-15+. The van der Waals surface area contributed by atoms with Gasteiger partial charge < -0.3 is 11.1 Å². The number of carbonyl (C=O) groups excluding carboxylic acids is 1. The fourth-order valence-electron chi connectivity index (χ4n) is 2.13. The van der Waals surface area contributed by atoms with Crippen molar-refractivity contribution < 1.29 is 4.79 Å². The third-order valence-electron chi connectivity index (χ3n) is 3.33. The number of rotatable bonds is 10.